The second kappa shape index (κ2) is 10.2. The third kappa shape index (κ3) is 5.49. The molecule has 3 aromatic rings. The van der Waals surface area contributed by atoms with Crippen molar-refractivity contribution in [1.29, 1.82) is 0 Å². The minimum atomic E-state index is -3.57. The summed E-state index contributed by atoms with van der Waals surface area (Å²) < 4.78 is 31.0. The number of anilines is 1. The minimum Gasteiger partial charge on any atom is -0.496 e. The van der Waals surface area contributed by atoms with Crippen molar-refractivity contribution >= 4 is 44.9 Å². The van der Waals surface area contributed by atoms with Crippen molar-refractivity contribution in [3.63, 3.8) is 0 Å². The average Bonchev–Trinajstić information content (AvgIpc) is 2.78. The molecule has 3 rings (SSSR count). The molecule has 0 aliphatic carbocycles. The summed E-state index contributed by atoms with van der Waals surface area (Å²) in [5.41, 5.74) is 2.21. The van der Waals surface area contributed by atoms with Crippen LogP contribution in [0.5, 0.6) is 5.75 Å². The number of para-hydroxylation sites is 1. The number of ether oxygens (including phenoxy) is 1. The highest BCUT2D eigenvalue weighted by Crippen LogP contribution is 2.41. The van der Waals surface area contributed by atoms with Crippen LogP contribution >= 0.6 is 23.2 Å². The van der Waals surface area contributed by atoms with Crippen LogP contribution in [0, 0.1) is 0 Å². The minimum absolute atomic E-state index is 0.0348. The quantitative estimate of drug-likeness (QED) is 0.453. The van der Waals surface area contributed by atoms with E-state index in [9.17, 15) is 13.2 Å². The monoisotopic (exact) mass is 494 g/mol. The largest absolute Gasteiger partial charge is 0.496 e. The summed E-state index contributed by atoms with van der Waals surface area (Å²) in [5, 5.41) is 6.00. The SMILES string of the molecule is CNS(=O)(=O)c1ccc(CNC(=O)Nc2cc(Cl)c(-c3ccccc3OC)c(Cl)c2)nc1. The summed E-state index contributed by atoms with van der Waals surface area (Å²) >= 11 is 12.9. The van der Waals surface area contributed by atoms with Crippen molar-refractivity contribution in [3.05, 3.63) is 70.5 Å². The number of carbonyl (C=O) groups excluding carboxylic acids is 1. The predicted molar refractivity (Wildman–Crippen MR) is 125 cm³/mol. The van der Waals surface area contributed by atoms with E-state index < -0.39 is 16.1 Å². The van der Waals surface area contributed by atoms with Gasteiger partial charge in [-0.05, 0) is 37.4 Å². The molecule has 0 atom stereocenters. The Labute approximate surface area is 196 Å². The first-order chi connectivity index (χ1) is 15.2. The number of pyridine rings is 1. The molecule has 168 valence electrons. The van der Waals surface area contributed by atoms with E-state index >= 15 is 0 Å². The predicted octanol–water partition coefficient (Wildman–Crippen LogP) is 4.29. The Kier molecular flexibility index (Phi) is 7.57. The molecule has 32 heavy (non-hydrogen) atoms. The number of sulfonamides is 1. The second-order valence-electron chi connectivity index (χ2n) is 6.52. The van der Waals surface area contributed by atoms with Gasteiger partial charge in [-0.15, -0.1) is 0 Å². The third-order valence-electron chi connectivity index (χ3n) is 4.48. The number of rotatable bonds is 7. The molecule has 0 aliphatic heterocycles. The summed E-state index contributed by atoms with van der Waals surface area (Å²) in [6, 6.07) is 12.9. The molecule has 2 amide bonds. The van der Waals surface area contributed by atoms with E-state index in [1.54, 1.807) is 25.3 Å². The van der Waals surface area contributed by atoms with E-state index in [-0.39, 0.29) is 11.4 Å². The van der Waals surface area contributed by atoms with Gasteiger partial charge in [-0.25, -0.2) is 17.9 Å². The van der Waals surface area contributed by atoms with Crippen LogP contribution in [0.25, 0.3) is 11.1 Å². The van der Waals surface area contributed by atoms with Gasteiger partial charge in [0, 0.05) is 23.0 Å². The first-order valence-corrected chi connectivity index (χ1v) is 11.5. The summed E-state index contributed by atoms with van der Waals surface area (Å²) in [4.78, 5) is 16.4. The van der Waals surface area contributed by atoms with E-state index in [0.29, 0.717) is 32.7 Å². The average molecular weight is 495 g/mol. The Bertz CT molecular complexity index is 1210. The molecule has 0 unspecified atom stereocenters. The van der Waals surface area contributed by atoms with Crippen molar-refractivity contribution in [2.45, 2.75) is 11.4 Å². The van der Waals surface area contributed by atoms with Crippen LogP contribution in [-0.4, -0.2) is 33.6 Å². The van der Waals surface area contributed by atoms with Gasteiger partial charge < -0.3 is 15.4 Å². The van der Waals surface area contributed by atoms with Crippen molar-refractivity contribution in [2.24, 2.45) is 0 Å². The maximum absolute atomic E-state index is 12.3. The summed E-state index contributed by atoms with van der Waals surface area (Å²) in [6.45, 7) is 0.0898. The third-order valence-corrected chi connectivity index (χ3v) is 6.48. The maximum Gasteiger partial charge on any atom is 0.319 e. The molecule has 0 radical (unpaired) electrons. The van der Waals surface area contributed by atoms with Crippen molar-refractivity contribution < 1.29 is 17.9 Å². The summed E-state index contributed by atoms with van der Waals surface area (Å²) in [7, 11) is -0.694. The molecule has 0 aliphatic rings. The number of amides is 2. The fourth-order valence-electron chi connectivity index (χ4n) is 2.89. The van der Waals surface area contributed by atoms with E-state index in [1.807, 2.05) is 18.2 Å². The smallest absolute Gasteiger partial charge is 0.319 e. The molecule has 0 saturated heterocycles. The first-order valence-electron chi connectivity index (χ1n) is 9.31. The van der Waals surface area contributed by atoms with Gasteiger partial charge in [-0.1, -0.05) is 41.4 Å². The summed E-state index contributed by atoms with van der Waals surface area (Å²) in [5.74, 6) is 0.621. The van der Waals surface area contributed by atoms with Crippen LogP contribution in [0.4, 0.5) is 10.5 Å². The Hall–Kier alpha value is -2.85. The number of urea groups is 1. The Morgan fingerprint density at radius 1 is 1.09 bits per heavy atom. The number of halogens is 2. The Balaban J connectivity index is 1.68. The number of nitrogens with zero attached hydrogens (tertiary/aromatic N) is 1. The lowest BCUT2D eigenvalue weighted by Crippen LogP contribution is -2.28. The molecule has 3 N–H and O–H groups in total. The fourth-order valence-corrected chi connectivity index (χ4v) is 4.26. The lowest BCUT2D eigenvalue weighted by molar-refractivity contribution is 0.251. The van der Waals surface area contributed by atoms with Gasteiger partial charge in [0.15, 0.2) is 0 Å². The number of hydrogen-bond donors (Lipinski definition) is 3. The number of nitrogens with one attached hydrogen (secondary N) is 3. The van der Waals surface area contributed by atoms with E-state index in [2.05, 4.69) is 20.3 Å². The zero-order chi connectivity index (χ0) is 23.3. The maximum atomic E-state index is 12.3. The molecule has 0 bridgehead atoms. The number of methoxy groups -OCH3 is 1. The topological polar surface area (TPSA) is 109 Å². The Morgan fingerprint density at radius 2 is 1.78 bits per heavy atom. The fraction of sp³-hybridized carbons (Fsp3) is 0.143. The van der Waals surface area contributed by atoms with Crippen molar-refractivity contribution in [3.8, 4) is 16.9 Å². The van der Waals surface area contributed by atoms with E-state index in [4.69, 9.17) is 27.9 Å². The molecule has 1 heterocycles. The molecular formula is C21H20Cl2N4O4S. The number of hydrogen-bond acceptors (Lipinski definition) is 5. The van der Waals surface area contributed by atoms with E-state index in [1.165, 1.54) is 25.4 Å². The number of aromatic nitrogens is 1. The number of benzene rings is 2. The number of carbonyl (C=O) groups is 1. The standard InChI is InChI=1S/C21H20Cl2N4O4S/c1-24-32(29,30)15-8-7-13(25-12-15)11-26-21(28)27-14-9-17(22)20(18(23)10-14)16-5-3-4-6-19(16)31-2/h3-10,12,24H,11H2,1-2H3,(H2,26,27,28). The first kappa shape index (κ1) is 23.8. The van der Waals surface area contributed by atoms with Gasteiger partial charge >= 0.3 is 6.03 Å². The highest BCUT2D eigenvalue weighted by atomic mass is 35.5. The molecule has 0 fully saturated rings. The normalized spacial score (nSPS) is 11.1. The zero-order valence-corrected chi connectivity index (χ0v) is 19.5. The molecule has 0 saturated carbocycles. The van der Waals surface area contributed by atoms with Crippen LogP contribution in [0.15, 0.2) is 59.6 Å². The molecular weight excluding hydrogens is 475 g/mol. The molecule has 1 aromatic heterocycles. The van der Waals surface area contributed by atoms with Crippen LogP contribution in [0.1, 0.15) is 5.69 Å². The van der Waals surface area contributed by atoms with Crippen molar-refractivity contribution in [2.75, 3.05) is 19.5 Å². The Morgan fingerprint density at radius 3 is 2.38 bits per heavy atom. The van der Waals surface area contributed by atoms with Gasteiger partial charge in [0.2, 0.25) is 10.0 Å². The second-order valence-corrected chi connectivity index (χ2v) is 9.22. The molecule has 2 aromatic carbocycles. The zero-order valence-electron chi connectivity index (χ0n) is 17.1. The molecule has 0 spiro atoms. The van der Waals surface area contributed by atoms with Crippen LogP contribution in [-0.2, 0) is 16.6 Å². The lowest BCUT2D eigenvalue weighted by Gasteiger charge is -2.14. The molecule has 8 nitrogen and oxygen atoms in total. The highest BCUT2D eigenvalue weighted by molar-refractivity contribution is 7.89. The molecule has 11 heteroatoms. The van der Waals surface area contributed by atoms with Crippen molar-refractivity contribution in [1.82, 2.24) is 15.0 Å². The van der Waals surface area contributed by atoms with Gasteiger partial charge in [0.1, 0.15) is 10.6 Å². The van der Waals surface area contributed by atoms with Gasteiger partial charge in [0.05, 0.1) is 29.4 Å². The van der Waals surface area contributed by atoms with E-state index in [0.717, 1.165) is 5.56 Å². The van der Waals surface area contributed by atoms with Gasteiger partial charge in [-0.3, -0.25) is 4.98 Å². The van der Waals surface area contributed by atoms with Crippen LogP contribution in [0.2, 0.25) is 10.0 Å². The van der Waals surface area contributed by atoms with Gasteiger partial charge in [-0.2, -0.15) is 0 Å². The van der Waals surface area contributed by atoms with Gasteiger partial charge in [0.25, 0.3) is 0 Å². The van der Waals surface area contributed by atoms with Crippen LogP contribution in [0.3, 0.4) is 0 Å². The highest BCUT2D eigenvalue weighted by Gasteiger charge is 2.16. The van der Waals surface area contributed by atoms with Crippen LogP contribution < -0.4 is 20.1 Å². The lowest BCUT2D eigenvalue weighted by atomic mass is 10.0. The summed E-state index contributed by atoms with van der Waals surface area (Å²) in [6.07, 6.45) is 1.22.